The molecule has 2 aromatic carbocycles. The SMILES string of the molecule is O=C(O)C=Cc1ccc(-c2cnc(CSCCOc3ccccc3)o2)cc1. The molecular formula is C21H19NO4S. The summed E-state index contributed by atoms with van der Waals surface area (Å²) in [4.78, 5) is 14.9. The van der Waals surface area contributed by atoms with Crippen LogP contribution in [-0.4, -0.2) is 28.4 Å². The third kappa shape index (κ3) is 6.04. The predicted molar refractivity (Wildman–Crippen MR) is 107 cm³/mol. The minimum absolute atomic E-state index is 0.633. The van der Waals surface area contributed by atoms with Crippen LogP contribution in [0, 0.1) is 0 Å². The molecule has 1 aromatic heterocycles. The Morgan fingerprint density at radius 2 is 1.93 bits per heavy atom. The Morgan fingerprint density at radius 1 is 1.15 bits per heavy atom. The van der Waals surface area contributed by atoms with E-state index in [1.165, 1.54) is 0 Å². The quantitative estimate of drug-likeness (QED) is 0.426. The molecule has 27 heavy (non-hydrogen) atoms. The molecule has 0 atom stereocenters. The van der Waals surface area contributed by atoms with E-state index in [-0.39, 0.29) is 0 Å². The number of oxazole rings is 1. The number of aliphatic carboxylic acids is 1. The van der Waals surface area contributed by atoms with Crippen LogP contribution in [0.3, 0.4) is 0 Å². The van der Waals surface area contributed by atoms with Crippen molar-refractivity contribution in [3.05, 3.63) is 78.3 Å². The third-order valence-electron chi connectivity index (χ3n) is 3.63. The minimum Gasteiger partial charge on any atom is -0.493 e. The smallest absolute Gasteiger partial charge is 0.328 e. The lowest BCUT2D eigenvalue weighted by Gasteiger charge is -2.04. The first-order chi connectivity index (χ1) is 13.2. The van der Waals surface area contributed by atoms with Crippen LogP contribution in [0.5, 0.6) is 5.75 Å². The fraction of sp³-hybridized carbons (Fsp3) is 0.143. The van der Waals surface area contributed by atoms with Gasteiger partial charge in [-0.25, -0.2) is 9.78 Å². The van der Waals surface area contributed by atoms with Gasteiger partial charge in [0.05, 0.1) is 18.6 Å². The van der Waals surface area contributed by atoms with E-state index < -0.39 is 5.97 Å². The number of para-hydroxylation sites is 1. The van der Waals surface area contributed by atoms with Crippen LogP contribution >= 0.6 is 11.8 Å². The second-order valence-corrected chi connectivity index (χ2v) is 6.73. The molecule has 0 aliphatic carbocycles. The first-order valence-corrected chi connectivity index (χ1v) is 9.58. The van der Waals surface area contributed by atoms with E-state index in [2.05, 4.69) is 4.98 Å². The van der Waals surface area contributed by atoms with Crippen molar-refractivity contribution >= 4 is 23.8 Å². The standard InChI is InChI=1S/C21H19NO4S/c23-21(24)11-8-16-6-9-17(10-7-16)19-14-22-20(26-19)15-27-13-12-25-18-4-2-1-3-5-18/h1-11,14H,12-13,15H2,(H,23,24). The summed E-state index contributed by atoms with van der Waals surface area (Å²) in [5.41, 5.74) is 1.72. The fourth-order valence-corrected chi connectivity index (χ4v) is 2.98. The first-order valence-electron chi connectivity index (χ1n) is 8.42. The fourth-order valence-electron chi connectivity index (χ4n) is 2.33. The van der Waals surface area contributed by atoms with Crippen molar-refractivity contribution in [2.24, 2.45) is 0 Å². The molecule has 0 unspecified atom stereocenters. The first kappa shape index (κ1) is 18.8. The molecule has 0 radical (unpaired) electrons. The Balaban J connectivity index is 1.46. The molecule has 0 bridgehead atoms. The zero-order valence-electron chi connectivity index (χ0n) is 14.6. The van der Waals surface area contributed by atoms with Crippen molar-refractivity contribution < 1.29 is 19.1 Å². The van der Waals surface area contributed by atoms with Crippen molar-refractivity contribution in [3.8, 4) is 17.1 Å². The number of thioether (sulfide) groups is 1. The van der Waals surface area contributed by atoms with Crippen LogP contribution in [0.15, 0.2) is 71.3 Å². The number of benzene rings is 2. The van der Waals surface area contributed by atoms with Gasteiger partial charge in [-0.15, -0.1) is 11.8 Å². The van der Waals surface area contributed by atoms with Crippen molar-refractivity contribution in [1.82, 2.24) is 4.98 Å². The van der Waals surface area contributed by atoms with Gasteiger partial charge in [0.15, 0.2) is 5.76 Å². The van der Waals surface area contributed by atoms with Crippen molar-refractivity contribution in [1.29, 1.82) is 0 Å². The van der Waals surface area contributed by atoms with Gasteiger partial charge in [0.2, 0.25) is 5.89 Å². The summed E-state index contributed by atoms with van der Waals surface area (Å²) in [5.74, 6) is 2.79. The van der Waals surface area contributed by atoms with Crippen molar-refractivity contribution in [3.63, 3.8) is 0 Å². The number of aromatic nitrogens is 1. The zero-order valence-corrected chi connectivity index (χ0v) is 15.4. The Hall–Kier alpha value is -2.99. The second kappa shape index (κ2) is 9.64. The Kier molecular flexibility index (Phi) is 6.71. The molecule has 138 valence electrons. The largest absolute Gasteiger partial charge is 0.493 e. The number of nitrogens with zero attached hydrogens (tertiary/aromatic N) is 1. The number of rotatable bonds is 9. The molecule has 1 heterocycles. The number of ether oxygens (including phenoxy) is 1. The molecular weight excluding hydrogens is 362 g/mol. The van der Waals surface area contributed by atoms with E-state index in [9.17, 15) is 4.79 Å². The Bertz CT molecular complexity index is 888. The summed E-state index contributed by atoms with van der Waals surface area (Å²) in [7, 11) is 0. The molecule has 3 aromatic rings. The molecule has 1 N–H and O–H groups in total. The highest BCUT2D eigenvalue weighted by atomic mass is 32.2. The summed E-state index contributed by atoms with van der Waals surface area (Å²) in [6.07, 6.45) is 4.37. The van der Waals surface area contributed by atoms with Crippen LogP contribution in [0.4, 0.5) is 0 Å². The summed E-state index contributed by atoms with van der Waals surface area (Å²) in [6, 6.07) is 17.2. The van der Waals surface area contributed by atoms with Gasteiger partial charge in [-0.05, 0) is 23.8 Å². The minimum atomic E-state index is -0.967. The molecule has 0 saturated heterocycles. The highest BCUT2D eigenvalue weighted by Gasteiger charge is 2.06. The topological polar surface area (TPSA) is 72.6 Å². The maximum Gasteiger partial charge on any atom is 0.328 e. The molecule has 0 fully saturated rings. The Labute approximate surface area is 161 Å². The normalized spacial score (nSPS) is 11.0. The lowest BCUT2D eigenvalue weighted by Crippen LogP contribution is -2.00. The van der Waals surface area contributed by atoms with Gasteiger partial charge >= 0.3 is 5.97 Å². The summed E-state index contributed by atoms with van der Waals surface area (Å²) in [6.45, 7) is 0.633. The maximum absolute atomic E-state index is 10.5. The highest BCUT2D eigenvalue weighted by Crippen LogP contribution is 2.23. The molecule has 3 rings (SSSR count). The van der Waals surface area contributed by atoms with Gasteiger partial charge in [0.25, 0.3) is 0 Å². The summed E-state index contributed by atoms with van der Waals surface area (Å²) in [5, 5.41) is 8.65. The summed E-state index contributed by atoms with van der Waals surface area (Å²) < 4.78 is 11.4. The second-order valence-electron chi connectivity index (χ2n) is 5.63. The molecule has 0 aliphatic rings. The van der Waals surface area contributed by atoms with Gasteiger partial charge in [-0.2, -0.15) is 0 Å². The van der Waals surface area contributed by atoms with Crippen LogP contribution < -0.4 is 4.74 Å². The monoisotopic (exact) mass is 381 g/mol. The number of carboxylic acid groups (broad SMARTS) is 1. The lowest BCUT2D eigenvalue weighted by atomic mass is 10.1. The van der Waals surface area contributed by atoms with Gasteiger partial charge < -0.3 is 14.3 Å². The van der Waals surface area contributed by atoms with Gasteiger partial charge in [-0.1, -0.05) is 42.5 Å². The van der Waals surface area contributed by atoms with Crippen LogP contribution in [-0.2, 0) is 10.5 Å². The molecule has 0 spiro atoms. The Morgan fingerprint density at radius 3 is 2.67 bits per heavy atom. The summed E-state index contributed by atoms with van der Waals surface area (Å²) >= 11 is 1.70. The van der Waals surface area contributed by atoms with E-state index >= 15 is 0 Å². The molecule has 0 aliphatic heterocycles. The molecule has 0 amide bonds. The van der Waals surface area contributed by atoms with Crippen LogP contribution in [0.25, 0.3) is 17.4 Å². The van der Waals surface area contributed by atoms with E-state index in [0.29, 0.717) is 24.0 Å². The molecule has 5 nitrogen and oxygen atoms in total. The molecule has 6 heteroatoms. The van der Waals surface area contributed by atoms with Gasteiger partial charge in [0.1, 0.15) is 5.75 Å². The molecule has 0 saturated carbocycles. The van der Waals surface area contributed by atoms with Crippen molar-refractivity contribution in [2.45, 2.75) is 5.75 Å². The number of carboxylic acids is 1. The zero-order chi connectivity index (χ0) is 18.9. The van der Waals surface area contributed by atoms with Gasteiger partial charge in [-0.3, -0.25) is 0 Å². The lowest BCUT2D eigenvalue weighted by molar-refractivity contribution is -0.131. The highest BCUT2D eigenvalue weighted by molar-refractivity contribution is 7.98. The predicted octanol–water partition coefficient (Wildman–Crippen LogP) is 4.75. The van der Waals surface area contributed by atoms with Crippen molar-refractivity contribution in [2.75, 3.05) is 12.4 Å². The number of carbonyl (C=O) groups is 1. The van der Waals surface area contributed by atoms with E-state index in [4.69, 9.17) is 14.3 Å². The third-order valence-corrected chi connectivity index (χ3v) is 4.54. The van der Waals surface area contributed by atoms with E-state index in [1.807, 2.05) is 54.6 Å². The van der Waals surface area contributed by atoms with Crippen LogP contribution in [0.2, 0.25) is 0 Å². The van der Waals surface area contributed by atoms with E-state index in [0.717, 1.165) is 28.7 Å². The number of hydrogen-bond acceptors (Lipinski definition) is 5. The van der Waals surface area contributed by atoms with Crippen LogP contribution in [0.1, 0.15) is 11.5 Å². The number of hydrogen-bond donors (Lipinski definition) is 1. The van der Waals surface area contributed by atoms with Gasteiger partial charge in [0, 0.05) is 17.4 Å². The average Bonchev–Trinajstić information content (AvgIpc) is 3.16. The average molecular weight is 381 g/mol. The maximum atomic E-state index is 10.5. The van der Waals surface area contributed by atoms with E-state index in [1.54, 1.807) is 24.0 Å².